The van der Waals surface area contributed by atoms with Crippen LogP contribution in [0.2, 0.25) is 0 Å². The van der Waals surface area contributed by atoms with Gasteiger partial charge in [-0.2, -0.15) is 17.7 Å². The Labute approximate surface area is 173 Å². The van der Waals surface area contributed by atoms with E-state index in [2.05, 4.69) is 35.8 Å². The van der Waals surface area contributed by atoms with E-state index in [1.807, 2.05) is 19.6 Å². The van der Waals surface area contributed by atoms with Crippen molar-refractivity contribution < 1.29 is 35.5 Å². The number of carbonyl (C=O) groups is 1. The molecule has 166 valence electrons. The van der Waals surface area contributed by atoms with Gasteiger partial charge in [-0.3, -0.25) is 0 Å². The molecular formula is C19H24F3N3O4S. The van der Waals surface area contributed by atoms with Crippen LogP contribution in [0, 0.1) is 0 Å². The summed E-state index contributed by atoms with van der Waals surface area (Å²) < 4.78 is 62.7. The molecule has 0 fully saturated rings. The van der Waals surface area contributed by atoms with Gasteiger partial charge in [0.15, 0.2) is 10.1 Å². The van der Waals surface area contributed by atoms with Gasteiger partial charge < -0.3 is 9.45 Å². The van der Waals surface area contributed by atoms with Gasteiger partial charge in [0.05, 0.1) is 7.05 Å². The third-order valence-electron chi connectivity index (χ3n) is 5.22. The van der Waals surface area contributed by atoms with Crippen LogP contribution in [0.15, 0.2) is 36.8 Å². The van der Waals surface area contributed by atoms with Gasteiger partial charge in [-0.05, 0) is 30.4 Å². The number of alkyl halides is 3. The minimum atomic E-state index is -6.09. The van der Waals surface area contributed by atoms with Crippen molar-refractivity contribution in [2.45, 2.75) is 37.1 Å². The first-order chi connectivity index (χ1) is 13.7. The summed E-state index contributed by atoms with van der Waals surface area (Å²) >= 11 is 0. The molecule has 3 rings (SSSR count). The quantitative estimate of drug-likeness (QED) is 0.402. The minimum absolute atomic E-state index is 0.0105. The van der Waals surface area contributed by atoms with Crippen LogP contribution in [0.3, 0.4) is 0 Å². The third kappa shape index (κ3) is 4.84. The minimum Gasteiger partial charge on any atom is -0.741 e. The Morgan fingerprint density at radius 2 is 1.70 bits per heavy atom. The van der Waals surface area contributed by atoms with Crippen molar-refractivity contribution in [2.75, 3.05) is 14.1 Å². The normalized spacial score (nSPS) is 15.2. The number of aromatic nitrogens is 2. The molecular weight excluding hydrogens is 423 g/mol. The van der Waals surface area contributed by atoms with E-state index in [1.54, 1.807) is 23.6 Å². The highest BCUT2D eigenvalue weighted by atomic mass is 32.2. The van der Waals surface area contributed by atoms with E-state index in [4.69, 9.17) is 13.0 Å². The maximum Gasteiger partial charge on any atom is 0.485 e. The Bertz CT molecular complexity index is 1000. The second kappa shape index (κ2) is 8.38. The number of rotatable bonds is 2. The highest BCUT2D eigenvalue weighted by Crippen LogP contribution is 2.41. The molecule has 0 atom stereocenters. The van der Waals surface area contributed by atoms with Crippen LogP contribution < -0.4 is 4.57 Å². The van der Waals surface area contributed by atoms with Gasteiger partial charge in [-0.15, -0.1) is 0 Å². The molecule has 1 aliphatic carbocycles. The number of halogens is 3. The first-order valence-electron chi connectivity index (χ1n) is 9.10. The predicted molar refractivity (Wildman–Crippen MR) is 102 cm³/mol. The van der Waals surface area contributed by atoms with Gasteiger partial charge in [-0.1, -0.05) is 31.2 Å². The van der Waals surface area contributed by atoms with E-state index in [-0.39, 0.29) is 11.4 Å². The fourth-order valence-electron chi connectivity index (χ4n) is 3.66. The zero-order valence-corrected chi connectivity index (χ0v) is 17.9. The van der Waals surface area contributed by atoms with Gasteiger partial charge >= 0.3 is 11.5 Å². The summed E-state index contributed by atoms with van der Waals surface area (Å²) in [6.45, 7) is 2.25. The Hall–Kier alpha value is -2.40. The number of fused-ring (bicyclic) bond motifs is 1. The first-order valence-corrected chi connectivity index (χ1v) is 10.5. The number of aryl methyl sites for hydroxylation is 1. The Balaban J connectivity index is 0.000000343. The summed E-state index contributed by atoms with van der Waals surface area (Å²) in [6, 6.07) is 8.68. The summed E-state index contributed by atoms with van der Waals surface area (Å²) in [6.07, 6.45) is 7.06. The molecule has 0 radical (unpaired) electrons. The summed E-state index contributed by atoms with van der Waals surface area (Å²) in [4.78, 5) is 13.8. The van der Waals surface area contributed by atoms with E-state index >= 15 is 0 Å². The fraction of sp³-hybridized carbons (Fsp3) is 0.474. The van der Waals surface area contributed by atoms with E-state index in [0.717, 1.165) is 19.3 Å². The highest BCUT2D eigenvalue weighted by Gasteiger charge is 2.42. The van der Waals surface area contributed by atoms with Crippen LogP contribution in [0.1, 0.15) is 30.2 Å². The molecule has 1 amide bonds. The fourth-order valence-corrected chi connectivity index (χ4v) is 3.66. The summed E-state index contributed by atoms with van der Waals surface area (Å²) in [5.41, 5.74) is -1.43. The number of hydrogen-bond acceptors (Lipinski definition) is 4. The molecule has 1 aliphatic rings. The largest absolute Gasteiger partial charge is 0.741 e. The molecule has 1 aromatic carbocycles. The van der Waals surface area contributed by atoms with Crippen LogP contribution in [0.25, 0.3) is 0 Å². The highest BCUT2D eigenvalue weighted by molar-refractivity contribution is 7.86. The maximum atomic E-state index is 12.2. The molecule has 0 spiro atoms. The number of benzene rings is 1. The molecule has 0 saturated heterocycles. The molecule has 0 saturated carbocycles. The van der Waals surface area contributed by atoms with Crippen LogP contribution >= 0.6 is 0 Å². The molecule has 7 nitrogen and oxygen atoms in total. The molecule has 0 bridgehead atoms. The lowest BCUT2D eigenvalue weighted by Gasteiger charge is -2.24. The van der Waals surface area contributed by atoms with E-state index in [0.29, 0.717) is 0 Å². The molecule has 2 aromatic rings. The average molecular weight is 447 g/mol. The summed E-state index contributed by atoms with van der Waals surface area (Å²) in [5.74, 6) is 0. The zero-order valence-electron chi connectivity index (χ0n) is 17.1. The lowest BCUT2D eigenvalue weighted by atomic mass is 9.79. The SMILES string of the molecule is CCC1(c2cn(C(=O)N(C)C)c[n+]2C)Cc2ccccc2C1.O=S(=O)([O-])C(F)(F)F. The molecule has 0 aliphatic heterocycles. The van der Waals surface area contributed by atoms with Crippen LogP contribution in [-0.4, -0.2) is 48.1 Å². The monoisotopic (exact) mass is 447 g/mol. The summed E-state index contributed by atoms with van der Waals surface area (Å²) in [5, 5.41) is 0. The second-order valence-corrected chi connectivity index (χ2v) is 8.85. The van der Waals surface area contributed by atoms with Crippen molar-refractivity contribution in [1.29, 1.82) is 0 Å². The van der Waals surface area contributed by atoms with Gasteiger partial charge in [-0.25, -0.2) is 17.8 Å². The van der Waals surface area contributed by atoms with Crippen molar-refractivity contribution >= 4 is 16.1 Å². The molecule has 0 unspecified atom stereocenters. The Morgan fingerprint density at radius 3 is 2.07 bits per heavy atom. The molecule has 1 heterocycles. The third-order valence-corrected chi connectivity index (χ3v) is 5.79. The molecule has 1 aromatic heterocycles. The van der Waals surface area contributed by atoms with Crippen LogP contribution in [0.5, 0.6) is 0 Å². The topological polar surface area (TPSA) is 86.3 Å². The van der Waals surface area contributed by atoms with Crippen molar-refractivity contribution in [3.63, 3.8) is 0 Å². The van der Waals surface area contributed by atoms with Crippen molar-refractivity contribution in [1.82, 2.24) is 9.47 Å². The predicted octanol–water partition coefficient (Wildman–Crippen LogP) is 2.34. The molecule has 11 heteroatoms. The molecule has 0 N–H and O–H groups in total. The number of imidazole rings is 1. The van der Waals surface area contributed by atoms with Gasteiger partial charge in [0.25, 0.3) is 6.33 Å². The van der Waals surface area contributed by atoms with E-state index in [1.165, 1.54) is 16.8 Å². The van der Waals surface area contributed by atoms with Crippen molar-refractivity contribution in [3.8, 4) is 0 Å². The Kier molecular flexibility index (Phi) is 6.67. The van der Waals surface area contributed by atoms with Gasteiger partial charge in [0.1, 0.15) is 11.9 Å². The maximum absolute atomic E-state index is 12.2. The lowest BCUT2D eigenvalue weighted by Crippen LogP contribution is -2.41. The number of hydrogen-bond donors (Lipinski definition) is 0. The van der Waals surface area contributed by atoms with Crippen LogP contribution in [-0.2, 0) is 35.4 Å². The molecule has 30 heavy (non-hydrogen) atoms. The zero-order chi connectivity index (χ0) is 22.9. The second-order valence-electron chi connectivity index (χ2n) is 7.48. The first kappa shape index (κ1) is 23.9. The van der Waals surface area contributed by atoms with Gasteiger partial charge in [0, 0.05) is 19.5 Å². The Morgan fingerprint density at radius 1 is 1.23 bits per heavy atom. The van der Waals surface area contributed by atoms with E-state index in [9.17, 15) is 18.0 Å². The lowest BCUT2D eigenvalue weighted by molar-refractivity contribution is -0.681. The number of carbonyl (C=O) groups excluding carboxylic acids is 1. The van der Waals surface area contributed by atoms with E-state index < -0.39 is 15.6 Å². The van der Waals surface area contributed by atoms with Crippen LogP contribution in [0.4, 0.5) is 18.0 Å². The smallest absolute Gasteiger partial charge is 0.485 e. The average Bonchev–Trinajstić information content (AvgIpc) is 3.21. The van der Waals surface area contributed by atoms with Crippen molar-refractivity contribution in [3.05, 3.63) is 53.6 Å². The summed E-state index contributed by atoms with van der Waals surface area (Å²) in [7, 11) is -0.492. The number of nitrogens with zero attached hydrogens (tertiary/aromatic N) is 3. The van der Waals surface area contributed by atoms with Crippen molar-refractivity contribution in [2.24, 2.45) is 7.05 Å². The standard InChI is InChI=1S/C18H24N3O.CHF3O3S/c1-5-18(10-14-8-6-7-9-15(14)11-18)16-12-21(13-20(16)4)17(22)19(2)3;2-1(3,4)8(5,6)7/h6-9,12-13H,5,10-11H2,1-4H3;(H,5,6,7)/q+1;/p-1. The van der Waals surface area contributed by atoms with Gasteiger partial charge in [0.2, 0.25) is 0 Å². The number of amides is 1.